The Labute approximate surface area is 181 Å². The molecule has 1 aliphatic rings. The van der Waals surface area contributed by atoms with Crippen molar-refractivity contribution in [3.05, 3.63) is 34.3 Å². The summed E-state index contributed by atoms with van der Waals surface area (Å²) in [6, 6.07) is 6.35. The third-order valence-electron chi connectivity index (χ3n) is 4.16. The molecule has 0 spiro atoms. The number of carbonyl (C=O) groups excluding carboxylic acids is 2. The zero-order chi connectivity index (χ0) is 21.7. The lowest BCUT2D eigenvalue weighted by atomic mass is 10.1. The molecule has 0 saturated carbocycles. The molecule has 30 heavy (non-hydrogen) atoms. The van der Waals surface area contributed by atoms with Crippen LogP contribution in [0, 0.1) is 0 Å². The van der Waals surface area contributed by atoms with Gasteiger partial charge in [0.05, 0.1) is 27.0 Å². The van der Waals surface area contributed by atoms with Gasteiger partial charge < -0.3 is 33.7 Å². The third-order valence-corrected chi connectivity index (χ3v) is 4.82. The number of fused-ring (bicyclic) bond motifs is 1. The fraction of sp³-hybridized carbons (Fsp3) is 0.300. The van der Waals surface area contributed by atoms with Crippen LogP contribution in [-0.4, -0.2) is 53.0 Å². The van der Waals surface area contributed by atoms with Gasteiger partial charge in [-0.05, 0) is 28.1 Å². The van der Waals surface area contributed by atoms with E-state index >= 15 is 0 Å². The van der Waals surface area contributed by atoms with Crippen LogP contribution in [0.1, 0.15) is 10.4 Å². The van der Waals surface area contributed by atoms with E-state index in [1.54, 1.807) is 18.2 Å². The largest absolute Gasteiger partial charge is 0.493 e. The molecule has 0 atom stereocenters. The molecule has 0 bridgehead atoms. The molecular formula is C20H20BrNO8. The predicted octanol–water partition coefficient (Wildman–Crippen LogP) is 3.04. The Morgan fingerprint density at radius 2 is 1.67 bits per heavy atom. The normalized spacial score (nSPS) is 12.0. The Balaban J connectivity index is 1.67. The minimum atomic E-state index is -0.746. The van der Waals surface area contributed by atoms with Gasteiger partial charge in [-0.1, -0.05) is 0 Å². The van der Waals surface area contributed by atoms with E-state index in [-0.39, 0.29) is 17.1 Å². The summed E-state index contributed by atoms with van der Waals surface area (Å²) in [7, 11) is 4.28. The quantitative estimate of drug-likeness (QED) is 0.602. The lowest BCUT2D eigenvalue weighted by molar-refractivity contribution is -0.119. The molecule has 10 heteroatoms. The number of hydrogen-bond donors (Lipinski definition) is 1. The summed E-state index contributed by atoms with van der Waals surface area (Å²) in [5.41, 5.74) is 0.562. The van der Waals surface area contributed by atoms with Crippen LogP contribution in [-0.2, 0) is 9.53 Å². The maximum atomic E-state index is 12.5. The van der Waals surface area contributed by atoms with Gasteiger partial charge in [0, 0.05) is 16.6 Å². The van der Waals surface area contributed by atoms with Crippen molar-refractivity contribution >= 4 is 33.5 Å². The summed E-state index contributed by atoms with van der Waals surface area (Å²) in [6.07, 6.45) is 0. The third kappa shape index (κ3) is 4.54. The van der Waals surface area contributed by atoms with E-state index in [2.05, 4.69) is 21.2 Å². The smallest absolute Gasteiger partial charge is 0.342 e. The van der Waals surface area contributed by atoms with E-state index in [4.69, 9.17) is 28.4 Å². The number of amides is 1. The van der Waals surface area contributed by atoms with Gasteiger partial charge in [-0.25, -0.2) is 4.79 Å². The summed E-state index contributed by atoms with van der Waals surface area (Å²) in [5.74, 6) is 0.623. The van der Waals surface area contributed by atoms with E-state index in [9.17, 15) is 9.59 Å². The molecule has 0 radical (unpaired) electrons. The summed E-state index contributed by atoms with van der Waals surface area (Å²) >= 11 is 3.37. The number of benzene rings is 2. The van der Waals surface area contributed by atoms with E-state index in [0.717, 1.165) is 0 Å². The van der Waals surface area contributed by atoms with Gasteiger partial charge >= 0.3 is 5.97 Å². The number of hydrogen-bond acceptors (Lipinski definition) is 8. The van der Waals surface area contributed by atoms with Crippen molar-refractivity contribution in [2.24, 2.45) is 0 Å². The second-order valence-corrected chi connectivity index (χ2v) is 6.84. The highest BCUT2D eigenvalue weighted by Gasteiger charge is 2.23. The highest BCUT2D eigenvalue weighted by Crippen LogP contribution is 2.40. The molecule has 0 aliphatic carbocycles. The Morgan fingerprint density at radius 3 is 2.30 bits per heavy atom. The molecular weight excluding hydrogens is 462 g/mol. The van der Waals surface area contributed by atoms with Crippen LogP contribution in [0.25, 0.3) is 0 Å². The number of ether oxygens (including phenoxy) is 6. The SMILES string of the molecule is COc1ccc(C(=O)OCC(=O)Nc2cc3c(cc2Br)OCCO3)c(OC)c1OC. The molecule has 2 aromatic rings. The molecule has 1 heterocycles. The van der Waals surface area contributed by atoms with E-state index < -0.39 is 18.5 Å². The highest BCUT2D eigenvalue weighted by molar-refractivity contribution is 9.10. The van der Waals surface area contributed by atoms with E-state index in [1.165, 1.54) is 27.4 Å². The molecule has 0 fully saturated rings. The number of anilines is 1. The zero-order valence-electron chi connectivity index (χ0n) is 16.6. The Morgan fingerprint density at radius 1 is 1.00 bits per heavy atom. The number of rotatable bonds is 7. The number of nitrogens with one attached hydrogen (secondary N) is 1. The number of carbonyl (C=O) groups is 2. The van der Waals surface area contributed by atoms with Crippen LogP contribution in [0.15, 0.2) is 28.7 Å². The topological polar surface area (TPSA) is 102 Å². The zero-order valence-corrected chi connectivity index (χ0v) is 18.2. The van der Waals surface area contributed by atoms with Gasteiger partial charge in [-0.3, -0.25) is 4.79 Å². The minimum Gasteiger partial charge on any atom is -0.493 e. The highest BCUT2D eigenvalue weighted by atomic mass is 79.9. The first kappa shape index (κ1) is 21.6. The average Bonchev–Trinajstić information content (AvgIpc) is 2.76. The summed E-state index contributed by atoms with van der Waals surface area (Å²) in [6.45, 7) is 0.380. The molecule has 0 saturated heterocycles. The molecule has 3 rings (SSSR count). The van der Waals surface area contributed by atoms with Gasteiger partial charge in [0.2, 0.25) is 5.75 Å². The summed E-state index contributed by atoms with van der Waals surface area (Å²) in [4.78, 5) is 24.8. The van der Waals surface area contributed by atoms with Crippen LogP contribution < -0.4 is 29.0 Å². The van der Waals surface area contributed by atoms with Crippen molar-refractivity contribution in [3.8, 4) is 28.7 Å². The van der Waals surface area contributed by atoms with Crippen molar-refractivity contribution in [3.63, 3.8) is 0 Å². The Kier molecular flexibility index (Phi) is 6.88. The fourth-order valence-corrected chi connectivity index (χ4v) is 3.24. The van der Waals surface area contributed by atoms with Gasteiger partial charge in [0.15, 0.2) is 29.6 Å². The second kappa shape index (κ2) is 9.57. The number of esters is 1. The van der Waals surface area contributed by atoms with Crippen molar-refractivity contribution in [2.45, 2.75) is 0 Å². The number of halogens is 1. The van der Waals surface area contributed by atoms with Gasteiger partial charge in [0.25, 0.3) is 5.91 Å². The van der Waals surface area contributed by atoms with Crippen molar-refractivity contribution in [2.75, 3.05) is 46.5 Å². The first-order valence-corrected chi connectivity index (χ1v) is 9.62. The van der Waals surface area contributed by atoms with Crippen LogP contribution in [0.2, 0.25) is 0 Å². The molecule has 1 aliphatic heterocycles. The molecule has 2 aromatic carbocycles. The first-order valence-electron chi connectivity index (χ1n) is 8.83. The van der Waals surface area contributed by atoms with Crippen molar-refractivity contribution < 1.29 is 38.0 Å². The first-order chi connectivity index (χ1) is 14.5. The van der Waals surface area contributed by atoms with Crippen LogP contribution >= 0.6 is 15.9 Å². The van der Waals surface area contributed by atoms with Gasteiger partial charge in [-0.15, -0.1) is 0 Å². The summed E-state index contributed by atoms with van der Waals surface area (Å²) < 4.78 is 32.4. The number of methoxy groups -OCH3 is 3. The molecule has 0 unspecified atom stereocenters. The monoisotopic (exact) mass is 481 g/mol. The molecule has 1 amide bonds. The van der Waals surface area contributed by atoms with E-state index in [0.29, 0.717) is 40.6 Å². The standard InChI is InChI=1S/C20H20BrNO8/c1-25-14-5-4-11(18(26-2)19(14)27-3)20(24)30-10-17(23)22-13-9-16-15(8-12(13)21)28-6-7-29-16/h4-5,8-9H,6-7,10H2,1-3H3,(H,22,23). The minimum absolute atomic E-state index is 0.100. The summed E-state index contributed by atoms with van der Waals surface area (Å²) in [5, 5.41) is 2.66. The lowest BCUT2D eigenvalue weighted by Gasteiger charge is -2.20. The molecule has 0 aromatic heterocycles. The second-order valence-electron chi connectivity index (χ2n) is 5.98. The van der Waals surface area contributed by atoms with Crippen molar-refractivity contribution in [1.29, 1.82) is 0 Å². The van der Waals surface area contributed by atoms with Crippen molar-refractivity contribution in [1.82, 2.24) is 0 Å². The Bertz CT molecular complexity index is 962. The lowest BCUT2D eigenvalue weighted by Crippen LogP contribution is -2.22. The molecule has 160 valence electrons. The Hall–Kier alpha value is -3.14. The van der Waals surface area contributed by atoms with Crippen LogP contribution in [0.4, 0.5) is 5.69 Å². The fourth-order valence-electron chi connectivity index (χ4n) is 2.82. The average molecular weight is 482 g/mol. The van der Waals surface area contributed by atoms with Gasteiger partial charge in [0.1, 0.15) is 18.8 Å². The maximum absolute atomic E-state index is 12.5. The molecule has 1 N–H and O–H groups in total. The van der Waals surface area contributed by atoms with Gasteiger partial charge in [-0.2, -0.15) is 0 Å². The van der Waals surface area contributed by atoms with Crippen LogP contribution in [0.5, 0.6) is 28.7 Å². The van der Waals surface area contributed by atoms with Crippen LogP contribution in [0.3, 0.4) is 0 Å². The molecule has 9 nitrogen and oxygen atoms in total. The van der Waals surface area contributed by atoms with E-state index in [1.807, 2.05) is 0 Å². The predicted molar refractivity (Wildman–Crippen MR) is 110 cm³/mol. The maximum Gasteiger partial charge on any atom is 0.342 e.